The number of nitrogens with zero attached hydrogens (tertiary/aromatic N) is 2. The maximum absolute atomic E-state index is 12.6. The Labute approximate surface area is 129 Å². The topological polar surface area (TPSA) is 62.3 Å². The summed E-state index contributed by atoms with van der Waals surface area (Å²) in [5.74, 6) is 0.0280. The monoisotopic (exact) mass is 309 g/mol. The highest BCUT2D eigenvalue weighted by atomic mass is 32.1. The number of hydrogen-bond donors (Lipinski definition) is 1. The highest BCUT2D eigenvalue weighted by Gasteiger charge is 2.38. The molecule has 0 saturated carbocycles. The molecule has 5 nitrogen and oxygen atoms in total. The molecule has 2 atom stereocenters. The van der Waals surface area contributed by atoms with E-state index < -0.39 is 0 Å². The van der Waals surface area contributed by atoms with E-state index in [1.807, 2.05) is 26.2 Å². The first-order valence-corrected chi connectivity index (χ1v) is 8.46. The molecular formula is C15H23N3O2S. The molecule has 0 bridgehead atoms. The SMILES string of the molecule is CCCC1NC(=O)C(CC)N(CCc2csc(C)n2)C1=O. The van der Waals surface area contributed by atoms with Crippen LogP contribution in [0.2, 0.25) is 0 Å². The van der Waals surface area contributed by atoms with Gasteiger partial charge in [-0.1, -0.05) is 20.3 Å². The molecule has 0 aromatic carbocycles. The van der Waals surface area contributed by atoms with Gasteiger partial charge in [0, 0.05) is 18.3 Å². The van der Waals surface area contributed by atoms with Gasteiger partial charge in [0.15, 0.2) is 0 Å². The third kappa shape index (κ3) is 3.61. The molecule has 6 heteroatoms. The minimum absolute atomic E-state index is 0.0231. The molecule has 1 aliphatic rings. The zero-order valence-electron chi connectivity index (χ0n) is 12.9. The van der Waals surface area contributed by atoms with Gasteiger partial charge in [-0.05, 0) is 19.8 Å². The van der Waals surface area contributed by atoms with Crippen molar-refractivity contribution in [2.45, 2.75) is 58.5 Å². The summed E-state index contributed by atoms with van der Waals surface area (Å²) in [6.45, 7) is 6.50. The van der Waals surface area contributed by atoms with Crippen LogP contribution in [0.1, 0.15) is 43.8 Å². The van der Waals surface area contributed by atoms with Gasteiger partial charge in [-0.15, -0.1) is 11.3 Å². The van der Waals surface area contributed by atoms with Crippen LogP contribution in [0.4, 0.5) is 0 Å². The summed E-state index contributed by atoms with van der Waals surface area (Å²) < 4.78 is 0. The average molecular weight is 309 g/mol. The van der Waals surface area contributed by atoms with Crippen molar-refractivity contribution in [3.63, 3.8) is 0 Å². The van der Waals surface area contributed by atoms with E-state index >= 15 is 0 Å². The van der Waals surface area contributed by atoms with Gasteiger partial charge >= 0.3 is 0 Å². The van der Waals surface area contributed by atoms with Crippen molar-refractivity contribution in [3.8, 4) is 0 Å². The molecule has 2 unspecified atom stereocenters. The van der Waals surface area contributed by atoms with Gasteiger partial charge in [0.25, 0.3) is 0 Å². The molecule has 2 heterocycles. The van der Waals surface area contributed by atoms with Crippen LogP contribution >= 0.6 is 11.3 Å². The zero-order chi connectivity index (χ0) is 15.4. The highest BCUT2D eigenvalue weighted by Crippen LogP contribution is 2.17. The number of aromatic nitrogens is 1. The van der Waals surface area contributed by atoms with Gasteiger partial charge in [0.2, 0.25) is 11.8 Å². The lowest BCUT2D eigenvalue weighted by atomic mass is 10.0. The van der Waals surface area contributed by atoms with Crippen molar-refractivity contribution in [2.75, 3.05) is 6.54 Å². The average Bonchev–Trinajstić information content (AvgIpc) is 2.86. The van der Waals surface area contributed by atoms with Crippen molar-refractivity contribution < 1.29 is 9.59 Å². The Morgan fingerprint density at radius 1 is 1.38 bits per heavy atom. The van der Waals surface area contributed by atoms with Crippen LogP contribution in [-0.2, 0) is 16.0 Å². The molecule has 1 N–H and O–H groups in total. The molecule has 1 aromatic heterocycles. The van der Waals surface area contributed by atoms with E-state index in [1.54, 1.807) is 16.2 Å². The summed E-state index contributed by atoms with van der Waals surface area (Å²) >= 11 is 1.61. The fraction of sp³-hybridized carbons (Fsp3) is 0.667. The molecule has 21 heavy (non-hydrogen) atoms. The molecule has 1 fully saturated rings. The van der Waals surface area contributed by atoms with Gasteiger partial charge < -0.3 is 10.2 Å². The fourth-order valence-corrected chi connectivity index (χ4v) is 3.39. The van der Waals surface area contributed by atoms with Crippen LogP contribution in [0, 0.1) is 6.92 Å². The van der Waals surface area contributed by atoms with Gasteiger partial charge in [-0.3, -0.25) is 9.59 Å². The number of hydrogen-bond acceptors (Lipinski definition) is 4. The number of thiazole rings is 1. The second-order valence-corrected chi connectivity index (χ2v) is 6.48. The summed E-state index contributed by atoms with van der Waals surface area (Å²) in [6, 6.07) is -0.701. The minimum atomic E-state index is -0.359. The highest BCUT2D eigenvalue weighted by molar-refractivity contribution is 7.09. The Hall–Kier alpha value is -1.43. The summed E-state index contributed by atoms with van der Waals surface area (Å²) in [5, 5.41) is 5.91. The molecule has 0 spiro atoms. The van der Waals surface area contributed by atoms with E-state index in [0.29, 0.717) is 25.8 Å². The number of nitrogens with one attached hydrogen (secondary N) is 1. The molecule has 1 aromatic rings. The maximum atomic E-state index is 12.6. The lowest BCUT2D eigenvalue weighted by molar-refractivity contribution is -0.149. The van der Waals surface area contributed by atoms with E-state index in [0.717, 1.165) is 17.1 Å². The Kier molecular flexibility index (Phi) is 5.33. The summed E-state index contributed by atoms with van der Waals surface area (Å²) in [6.07, 6.45) is 2.94. The van der Waals surface area contributed by atoms with Crippen molar-refractivity contribution >= 4 is 23.2 Å². The van der Waals surface area contributed by atoms with Crippen LogP contribution in [0.25, 0.3) is 0 Å². The molecule has 1 saturated heterocycles. The molecule has 2 amide bonds. The first-order valence-electron chi connectivity index (χ1n) is 7.58. The fourth-order valence-electron chi connectivity index (χ4n) is 2.74. The second kappa shape index (κ2) is 7.02. The van der Waals surface area contributed by atoms with E-state index in [1.165, 1.54) is 0 Å². The standard InChI is InChI=1S/C15H23N3O2S/c1-4-6-12-15(20)18(13(5-2)14(19)17-12)8-7-11-9-21-10(3)16-11/h9,12-13H,4-8H2,1-3H3,(H,17,19). The van der Waals surface area contributed by atoms with Gasteiger partial charge in [-0.25, -0.2) is 4.98 Å². The Morgan fingerprint density at radius 2 is 2.14 bits per heavy atom. The Bertz CT molecular complexity index is 515. The van der Waals surface area contributed by atoms with E-state index in [-0.39, 0.29) is 23.9 Å². The molecule has 0 aliphatic carbocycles. The van der Waals surface area contributed by atoms with Crippen LogP contribution in [-0.4, -0.2) is 40.3 Å². The van der Waals surface area contributed by atoms with Crippen molar-refractivity contribution in [1.29, 1.82) is 0 Å². The third-order valence-corrected chi connectivity index (χ3v) is 4.64. The van der Waals surface area contributed by atoms with E-state index in [4.69, 9.17) is 0 Å². The molecule has 116 valence electrons. The number of carbonyl (C=O) groups is 2. The number of piperazine rings is 1. The lowest BCUT2D eigenvalue weighted by Gasteiger charge is -2.38. The van der Waals surface area contributed by atoms with Crippen molar-refractivity contribution in [3.05, 3.63) is 16.1 Å². The smallest absolute Gasteiger partial charge is 0.245 e. The van der Waals surface area contributed by atoms with Crippen LogP contribution in [0.5, 0.6) is 0 Å². The summed E-state index contributed by atoms with van der Waals surface area (Å²) in [5.41, 5.74) is 0.998. The number of aryl methyl sites for hydroxylation is 1. The number of rotatable bonds is 6. The molecule has 1 aliphatic heterocycles. The molecular weight excluding hydrogens is 286 g/mol. The Balaban J connectivity index is 2.07. The van der Waals surface area contributed by atoms with Gasteiger partial charge in [-0.2, -0.15) is 0 Å². The quantitative estimate of drug-likeness (QED) is 0.873. The largest absolute Gasteiger partial charge is 0.343 e. The first-order chi connectivity index (χ1) is 10.1. The normalized spacial score (nSPS) is 22.5. The van der Waals surface area contributed by atoms with E-state index in [9.17, 15) is 9.59 Å². The van der Waals surface area contributed by atoms with Gasteiger partial charge in [0.05, 0.1) is 10.7 Å². The molecule has 0 radical (unpaired) electrons. The summed E-state index contributed by atoms with van der Waals surface area (Å²) in [7, 11) is 0. The van der Waals surface area contributed by atoms with Crippen molar-refractivity contribution in [1.82, 2.24) is 15.2 Å². The number of carbonyl (C=O) groups excluding carboxylic acids is 2. The summed E-state index contributed by atoms with van der Waals surface area (Å²) in [4.78, 5) is 30.9. The van der Waals surface area contributed by atoms with Crippen molar-refractivity contribution in [2.24, 2.45) is 0 Å². The van der Waals surface area contributed by atoms with E-state index in [2.05, 4.69) is 10.3 Å². The Morgan fingerprint density at radius 3 is 2.71 bits per heavy atom. The first kappa shape index (κ1) is 15.9. The predicted molar refractivity (Wildman–Crippen MR) is 83.2 cm³/mol. The third-order valence-electron chi connectivity index (χ3n) is 3.82. The lowest BCUT2D eigenvalue weighted by Crippen LogP contribution is -2.63. The van der Waals surface area contributed by atoms with Crippen LogP contribution < -0.4 is 5.32 Å². The second-order valence-electron chi connectivity index (χ2n) is 5.41. The molecule has 2 rings (SSSR count). The predicted octanol–water partition coefficient (Wildman–Crippen LogP) is 1.90. The zero-order valence-corrected chi connectivity index (χ0v) is 13.7. The van der Waals surface area contributed by atoms with Crippen LogP contribution in [0.3, 0.4) is 0 Å². The minimum Gasteiger partial charge on any atom is -0.343 e. The van der Waals surface area contributed by atoms with Crippen LogP contribution in [0.15, 0.2) is 5.38 Å². The van der Waals surface area contributed by atoms with Gasteiger partial charge in [0.1, 0.15) is 12.1 Å². The maximum Gasteiger partial charge on any atom is 0.245 e. The number of amides is 2.